The summed E-state index contributed by atoms with van der Waals surface area (Å²) < 4.78 is 38.2. The van der Waals surface area contributed by atoms with E-state index in [2.05, 4.69) is 31.0 Å². The van der Waals surface area contributed by atoms with E-state index in [-0.39, 0.29) is 6.04 Å². The van der Waals surface area contributed by atoms with E-state index in [1.165, 1.54) is 12.1 Å². The van der Waals surface area contributed by atoms with Crippen molar-refractivity contribution in [3.63, 3.8) is 0 Å². The van der Waals surface area contributed by atoms with Gasteiger partial charge in [0, 0.05) is 31.7 Å². The van der Waals surface area contributed by atoms with Crippen LogP contribution < -0.4 is 5.32 Å². The highest BCUT2D eigenvalue weighted by Gasteiger charge is 2.31. The minimum Gasteiger partial charge on any atom is -0.312 e. The molecule has 0 aromatic heterocycles. The summed E-state index contributed by atoms with van der Waals surface area (Å²) in [4.78, 5) is 2.39. The van der Waals surface area contributed by atoms with Gasteiger partial charge in [-0.15, -0.1) is 0 Å². The molecular weight excluding hydrogens is 289 g/mol. The SMILES string of the molecule is CC(C)CC(c1ccc(C(F)(F)F)cc1)N1CCNC(C)C1. The molecule has 0 saturated carbocycles. The monoisotopic (exact) mass is 314 g/mol. The number of hydrogen-bond acceptors (Lipinski definition) is 2. The molecule has 22 heavy (non-hydrogen) atoms. The Bertz CT molecular complexity index is 468. The van der Waals surface area contributed by atoms with Crippen LogP contribution in [0.5, 0.6) is 0 Å². The second kappa shape index (κ2) is 7.01. The molecule has 1 aliphatic rings. The van der Waals surface area contributed by atoms with E-state index in [1.54, 1.807) is 12.1 Å². The number of hydrogen-bond donors (Lipinski definition) is 1. The Morgan fingerprint density at radius 1 is 1.23 bits per heavy atom. The van der Waals surface area contributed by atoms with E-state index >= 15 is 0 Å². The molecule has 5 heteroatoms. The highest BCUT2D eigenvalue weighted by atomic mass is 19.4. The zero-order valence-corrected chi connectivity index (χ0v) is 13.5. The summed E-state index contributed by atoms with van der Waals surface area (Å²) in [5.74, 6) is 0.498. The lowest BCUT2D eigenvalue weighted by molar-refractivity contribution is -0.137. The van der Waals surface area contributed by atoms with Crippen LogP contribution in [0.2, 0.25) is 0 Å². The van der Waals surface area contributed by atoms with Gasteiger partial charge >= 0.3 is 6.18 Å². The lowest BCUT2D eigenvalue weighted by Crippen LogP contribution is -2.50. The van der Waals surface area contributed by atoms with E-state index in [1.807, 2.05) is 0 Å². The molecule has 2 rings (SSSR count). The van der Waals surface area contributed by atoms with Gasteiger partial charge in [0.15, 0.2) is 0 Å². The van der Waals surface area contributed by atoms with Crippen LogP contribution >= 0.6 is 0 Å². The highest BCUT2D eigenvalue weighted by Crippen LogP contribution is 2.33. The zero-order valence-electron chi connectivity index (χ0n) is 13.5. The van der Waals surface area contributed by atoms with Gasteiger partial charge in [-0.05, 0) is 37.0 Å². The topological polar surface area (TPSA) is 15.3 Å². The molecule has 1 aromatic rings. The lowest BCUT2D eigenvalue weighted by Gasteiger charge is -2.39. The van der Waals surface area contributed by atoms with Crippen molar-refractivity contribution >= 4 is 0 Å². The fourth-order valence-corrected chi connectivity index (χ4v) is 3.08. The maximum absolute atomic E-state index is 12.7. The second-order valence-electron chi connectivity index (χ2n) is 6.62. The van der Waals surface area contributed by atoms with Crippen LogP contribution in [0.25, 0.3) is 0 Å². The summed E-state index contributed by atoms with van der Waals surface area (Å²) in [6, 6.07) is 6.29. The smallest absolute Gasteiger partial charge is 0.312 e. The molecule has 0 spiro atoms. The molecule has 1 fully saturated rings. The van der Waals surface area contributed by atoms with Crippen LogP contribution in [0.4, 0.5) is 13.2 Å². The van der Waals surface area contributed by atoms with Crippen molar-refractivity contribution in [2.45, 2.75) is 45.5 Å². The average Bonchev–Trinajstić information content (AvgIpc) is 2.44. The number of piperazine rings is 1. The summed E-state index contributed by atoms with van der Waals surface area (Å²) in [6.07, 6.45) is -3.31. The molecule has 0 amide bonds. The Balaban J connectivity index is 2.21. The average molecular weight is 314 g/mol. The van der Waals surface area contributed by atoms with Crippen molar-refractivity contribution < 1.29 is 13.2 Å². The maximum Gasteiger partial charge on any atom is 0.416 e. The lowest BCUT2D eigenvalue weighted by atomic mass is 9.94. The number of nitrogens with one attached hydrogen (secondary N) is 1. The van der Waals surface area contributed by atoms with Crippen molar-refractivity contribution in [1.29, 1.82) is 0 Å². The molecule has 124 valence electrons. The normalized spacial score (nSPS) is 22.0. The Hall–Kier alpha value is -1.07. The Morgan fingerprint density at radius 3 is 2.36 bits per heavy atom. The van der Waals surface area contributed by atoms with Gasteiger partial charge in [0.1, 0.15) is 0 Å². The minimum absolute atomic E-state index is 0.187. The van der Waals surface area contributed by atoms with Crippen LogP contribution in [0.15, 0.2) is 24.3 Å². The standard InChI is InChI=1S/C17H25F3N2/c1-12(2)10-16(22-9-8-21-13(3)11-22)14-4-6-15(7-5-14)17(18,19)20/h4-7,12-13,16,21H,8-11H2,1-3H3. The summed E-state index contributed by atoms with van der Waals surface area (Å²) in [6.45, 7) is 9.24. The number of alkyl halides is 3. The molecule has 1 saturated heterocycles. The van der Waals surface area contributed by atoms with Gasteiger partial charge in [-0.3, -0.25) is 4.90 Å². The molecule has 1 aromatic carbocycles. The predicted octanol–water partition coefficient (Wildman–Crippen LogP) is 4.09. The molecule has 1 N–H and O–H groups in total. The van der Waals surface area contributed by atoms with Gasteiger partial charge in [-0.2, -0.15) is 13.2 Å². The van der Waals surface area contributed by atoms with E-state index in [0.29, 0.717) is 12.0 Å². The summed E-state index contributed by atoms with van der Waals surface area (Å²) >= 11 is 0. The molecule has 2 atom stereocenters. The van der Waals surface area contributed by atoms with Gasteiger partial charge < -0.3 is 5.32 Å². The number of nitrogens with zero attached hydrogens (tertiary/aromatic N) is 1. The largest absolute Gasteiger partial charge is 0.416 e. The van der Waals surface area contributed by atoms with E-state index in [4.69, 9.17) is 0 Å². The van der Waals surface area contributed by atoms with Crippen LogP contribution in [0.3, 0.4) is 0 Å². The molecule has 0 radical (unpaired) electrons. The summed E-state index contributed by atoms with van der Waals surface area (Å²) in [5, 5.41) is 3.41. The third-order valence-electron chi connectivity index (χ3n) is 4.16. The van der Waals surface area contributed by atoms with Crippen LogP contribution in [-0.2, 0) is 6.18 Å². The number of rotatable bonds is 4. The van der Waals surface area contributed by atoms with Crippen LogP contribution in [0.1, 0.15) is 44.4 Å². The first-order valence-electron chi connectivity index (χ1n) is 7.92. The quantitative estimate of drug-likeness (QED) is 0.900. The first-order chi connectivity index (χ1) is 10.3. The second-order valence-corrected chi connectivity index (χ2v) is 6.62. The van der Waals surface area contributed by atoms with Gasteiger partial charge in [0.2, 0.25) is 0 Å². The number of benzene rings is 1. The van der Waals surface area contributed by atoms with Crippen molar-refractivity contribution in [2.24, 2.45) is 5.92 Å². The van der Waals surface area contributed by atoms with Crippen LogP contribution in [0, 0.1) is 5.92 Å². The third-order valence-corrected chi connectivity index (χ3v) is 4.16. The van der Waals surface area contributed by atoms with Crippen LogP contribution in [-0.4, -0.2) is 30.6 Å². The summed E-state index contributed by atoms with van der Waals surface area (Å²) in [5.41, 5.74) is 0.407. The minimum atomic E-state index is -4.27. The molecule has 1 heterocycles. The molecule has 0 aliphatic carbocycles. The Kier molecular flexibility index (Phi) is 5.50. The van der Waals surface area contributed by atoms with E-state index < -0.39 is 11.7 Å². The van der Waals surface area contributed by atoms with Gasteiger partial charge in [-0.1, -0.05) is 26.0 Å². The van der Waals surface area contributed by atoms with Crippen molar-refractivity contribution in [3.05, 3.63) is 35.4 Å². The molecule has 1 aliphatic heterocycles. The maximum atomic E-state index is 12.7. The Labute approximate surface area is 130 Å². The molecular formula is C17H25F3N2. The third kappa shape index (κ3) is 4.46. The zero-order chi connectivity index (χ0) is 16.3. The van der Waals surface area contributed by atoms with Gasteiger partial charge in [0.25, 0.3) is 0 Å². The van der Waals surface area contributed by atoms with Gasteiger partial charge in [-0.25, -0.2) is 0 Å². The predicted molar refractivity (Wildman–Crippen MR) is 82.7 cm³/mol. The highest BCUT2D eigenvalue weighted by molar-refractivity contribution is 5.27. The molecule has 2 nitrogen and oxygen atoms in total. The van der Waals surface area contributed by atoms with Gasteiger partial charge in [0.05, 0.1) is 5.56 Å². The van der Waals surface area contributed by atoms with Crippen molar-refractivity contribution in [2.75, 3.05) is 19.6 Å². The van der Waals surface area contributed by atoms with Crippen molar-refractivity contribution in [1.82, 2.24) is 10.2 Å². The first-order valence-corrected chi connectivity index (χ1v) is 7.92. The Morgan fingerprint density at radius 2 is 1.86 bits per heavy atom. The number of halogens is 3. The van der Waals surface area contributed by atoms with Crippen molar-refractivity contribution in [3.8, 4) is 0 Å². The molecule has 2 unspecified atom stereocenters. The van der Waals surface area contributed by atoms with E-state index in [0.717, 1.165) is 31.6 Å². The fraction of sp³-hybridized carbons (Fsp3) is 0.647. The summed E-state index contributed by atoms with van der Waals surface area (Å²) in [7, 11) is 0. The molecule has 0 bridgehead atoms. The fourth-order valence-electron chi connectivity index (χ4n) is 3.08. The first kappa shape index (κ1) is 17.3. The van der Waals surface area contributed by atoms with E-state index in [9.17, 15) is 13.2 Å².